The van der Waals surface area contributed by atoms with Crippen LogP contribution in [0.25, 0.3) is 0 Å². The first kappa shape index (κ1) is 14.5. The summed E-state index contributed by atoms with van der Waals surface area (Å²) in [5, 5.41) is 4.25. The lowest BCUT2D eigenvalue weighted by atomic mass is 10.3. The summed E-state index contributed by atoms with van der Waals surface area (Å²) in [6, 6.07) is 6.94. The van der Waals surface area contributed by atoms with Crippen LogP contribution in [-0.4, -0.2) is 19.4 Å². The highest BCUT2D eigenvalue weighted by atomic mass is 32.2. The molecule has 0 amide bonds. The lowest BCUT2D eigenvalue weighted by molar-refractivity contribution is 0.581. The minimum Gasteiger partial charge on any atom is -0.379 e. The van der Waals surface area contributed by atoms with Gasteiger partial charge < -0.3 is 5.32 Å². The van der Waals surface area contributed by atoms with E-state index < -0.39 is 10.0 Å². The summed E-state index contributed by atoms with van der Waals surface area (Å²) >= 11 is 1.65. The molecule has 2 aromatic rings. The van der Waals surface area contributed by atoms with E-state index in [0.29, 0.717) is 11.4 Å². The van der Waals surface area contributed by atoms with E-state index in [2.05, 4.69) is 15.0 Å². The number of rotatable bonds is 6. The predicted octanol–water partition coefficient (Wildman–Crippen LogP) is 2.50. The zero-order valence-corrected chi connectivity index (χ0v) is 13.3. The summed E-state index contributed by atoms with van der Waals surface area (Å²) in [6.45, 7) is 2.67. The third kappa shape index (κ3) is 3.81. The third-order valence-electron chi connectivity index (χ3n) is 3.18. The molecule has 1 aliphatic rings. The van der Waals surface area contributed by atoms with E-state index in [4.69, 9.17) is 0 Å². The SMILES string of the molecule is Cc1cnc(CNc2ccc(S(=O)(=O)NC3CC3)cc2)s1. The molecule has 0 bridgehead atoms. The Bertz CT molecular complexity index is 719. The molecule has 1 saturated carbocycles. The van der Waals surface area contributed by atoms with Crippen LogP contribution < -0.4 is 10.0 Å². The molecule has 0 unspecified atom stereocenters. The first-order chi connectivity index (χ1) is 10.0. The third-order valence-corrected chi connectivity index (χ3v) is 5.63. The van der Waals surface area contributed by atoms with Gasteiger partial charge in [-0.25, -0.2) is 18.1 Å². The Morgan fingerprint density at radius 3 is 2.57 bits per heavy atom. The molecule has 112 valence electrons. The largest absolute Gasteiger partial charge is 0.379 e. The number of benzene rings is 1. The van der Waals surface area contributed by atoms with Gasteiger partial charge in [-0.05, 0) is 44.0 Å². The molecular formula is C14H17N3O2S2. The van der Waals surface area contributed by atoms with Gasteiger partial charge in [0, 0.05) is 22.8 Å². The van der Waals surface area contributed by atoms with Gasteiger partial charge in [0.2, 0.25) is 10.0 Å². The second kappa shape index (κ2) is 5.75. The Morgan fingerprint density at radius 2 is 2.00 bits per heavy atom. The van der Waals surface area contributed by atoms with Crippen LogP contribution in [0, 0.1) is 6.92 Å². The van der Waals surface area contributed by atoms with E-state index in [1.165, 1.54) is 4.88 Å². The maximum Gasteiger partial charge on any atom is 0.240 e. The molecule has 3 rings (SSSR count). The van der Waals surface area contributed by atoms with Crippen LogP contribution in [0.4, 0.5) is 5.69 Å². The van der Waals surface area contributed by atoms with E-state index >= 15 is 0 Å². The second-order valence-electron chi connectivity index (χ2n) is 5.14. The molecule has 0 atom stereocenters. The molecular weight excluding hydrogens is 306 g/mol. The van der Waals surface area contributed by atoms with Crippen LogP contribution >= 0.6 is 11.3 Å². The van der Waals surface area contributed by atoms with Crippen molar-refractivity contribution < 1.29 is 8.42 Å². The monoisotopic (exact) mass is 323 g/mol. The first-order valence-corrected chi connectivity index (χ1v) is 9.10. The van der Waals surface area contributed by atoms with Gasteiger partial charge in [0.25, 0.3) is 0 Å². The number of hydrogen-bond acceptors (Lipinski definition) is 5. The number of anilines is 1. The summed E-state index contributed by atoms with van der Waals surface area (Å²) in [4.78, 5) is 5.77. The normalized spacial score (nSPS) is 15.1. The molecule has 1 fully saturated rings. The van der Waals surface area contributed by atoms with Gasteiger partial charge in [0.05, 0.1) is 11.4 Å². The van der Waals surface area contributed by atoms with Gasteiger partial charge in [-0.15, -0.1) is 11.3 Å². The quantitative estimate of drug-likeness (QED) is 0.857. The van der Waals surface area contributed by atoms with Crippen molar-refractivity contribution in [2.45, 2.75) is 37.2 Å². The lowest BCUT2D eigenvalue weighted by Crippen LogP contribution is -2.25. The number of aryl methyl sites for hydroxylation is 1. The maximum absolute atomic E-state index is 12.0. The molecule has 1 heterocycles. The van der Waals surface area contributed by atoms with Gasteiger partial charge in [-0.2, -0.15) is 0 Å². The summed E-state index contributed by atoms with van der Waals surface area (Å²) < 4.78 is 26.7. The van der Waals surface area contributed by atoms with Crippen molar-refractivity contribution in [2.24, 2.45) is 0 Å². The number of sulfonamides is 1. The summed E-state index contributed by atoms with van der Waals surface area (Å²) in [5.41, 5.74) is 0.883. The standard InChI is InChI=1S/C14H17N3O2S2/c1-10-8-16-14(20-10)9-15-11-4-6-13(7-5-11)21(18,19)17-12-2-3-12/h4-8,12,15,17H,2-3,9H2,1H3. The second-order valence-corrected chi connectivity index (χ2v) is 8.17. The fraction of sp³-hybridized carbons (Fsp3) is 0.357. The number of aromatic nitrogens is 1. The fourth-order valence-electron chi connectivity index (χ4n) is 1.90. The van der Waals surface area contributed by atoms with Gasteiger partial charge in [-0.1, -0.05) is 0 Å². The Balaban J connectivity index is 1.63. The fourth-order valence-corrected chi connectivity index (χ4v) is 3.93. The Kier molecular flexibility index (Phi) is 3.97. The summed E-state index contributed by atoms with van der Waals surface area (Å²) in [6.07, 6.45) is 3.72. The van der Waals surface area contributed by atoms with E-state index in [1.54, 1.807) is 35.6 Å². The van der Waals surface area contributed by atoms with Crippen LogP contribution in [0.15, 0.2) is 35.4 Å². The maximum atomic E-state index is 12.0. The van der Waals surface area contributed by atoms with Gasteiger partial charge in [0.15, 0.2) is 0 Å². The molecule has 0 spiro atoms. The van der Waals surface area contributed by atoms with Crippen LogP contribution in [0.3, 0.4) is 0 Å². The van der Waals surface area contributed by atoms with Crippen molar-refractivity contribution in [1.82, 2.24) is 9.71 Å². The zero-order valence-electron chi connectivity index (χ0n) is 11.7. The summed E-state index contributed by atoms with van der Waals surface area (Å²) in [7, 11) is -3.37. The zero-order chi connectivity index (χ0) is 14.9. The number of nitrogens with one attached hydrogen (secondary N) is 2. The highest BCUT2D eigenvalue weighted by molar-refractivity contribution is 7.89. The molecule has 0 saturated heterocycles. The minimum atomic E-state index is -3.37. The topological polar surface area (TPSA) is 71.1 Å². The molecule has 21 heavy (non-hydrogen) atoms. The number of nitrogens with zero attached hydrogens (tertiary/aromatic N) is 1. The highest BCUT2D eigenvalue weighted by Gasteiger charge is 2.27. The van der Waals surface area contributed by atoms with Gasteiger partial charge >= 0.3 is 0 Å². The van der Waals surface area contributed by atoms with E-state index in [-0.39, 0.29) is 6.04 Å². The van der Waals surface area contributed by atoms with Crippen molar-refractivity contribution >= 4 is 27.0 Å². The molecule has 2 N–H and O–H groups in total. The van der Waals surface area contributed by atoms with Crippen LogP contribution in [-0.2, 0) is 16.6 Å². The van der Waals surface area contributed by atoms with Crippen molar-refractivity contribution in [2.75, 3.05) is 5.32 Å². The molecule has 1 aromatic carbocycles. The van der Waals surface area contributed by atoms with Crippen molar-refractivity contribution in [3.8, 4) is 0 Å². The number of thiazole rings is 1. The first-order valence-electron chi connectivity index (χ1n) is 6.80. The number of hydrogen-bond donors (Lipinski definition) is 2. The average molecular weight is 323 g/mol. The predicted molar refractivity (Wildman–Crippen MR) is 84.0 cm³/mol. The van der Waals surface area contributed by atoms with Crippen molar-refractivity contribution in [3.05, 3.63) is 40.3 Å². The van der Waals surface area contributed by atoms with E-state index in [9.17, 15) is 8.42 Å². The lowest BCUT2D eigenvalue weighted by Gasteiger charge is -2.07. The molecule has 1 aromatic heterocycles. The molecule has 0 aliphatic heterocycles. The smallest absolute Gasteiger partial charge is 0.240 e. The Morgan fingerprint density at radius 1 is 1.29 bits per heavy atom. The molecule has 0 radical (unpaired) electrons. The average Bonchev–Trinajstić information content (AvgIpc) is 3.16. The van der Waals surface area contributed by atoms with Crippen LogP contribution in [0.2, 0.25) is 0 Å². The molecule has 7 heteroatoms. The van der Waals surface area contributed by atoms with Crippen LogP contribution in [0.5, 0.6) is 0 Å². The molecule has 5 nitrogen and oxygen atoms in total. The van der Waals surface area contributed by atoms with Crippen LogP contribution in [0.1, 0.15) is 22.7 Å². The Labute approximate surface area is 128 Å². The van der Waals surface area contributed by atoms with Crippen molar-refractivity contribution in [3.63, 3.8) is 0 Å². The highest BCUT2D eigenvalue weighted by Crippen LogP contribution is 2.23. The Hall–Kier alpha value is -1.44. The summed E-state index contributed by atoms with van der Waals surface area (Å²) in [5.74, 6) is 0. The van der Waals surface area contributed by atoms with Crippen molar-refractivity contribution in [1.29, 1.82) is 0 Å². The minimum absolute atomic E-state index is 0.126. The van der Waals surface area contributed by atoms with Gasteiger partial charge in [-0.3, -0.25) is 0 Å². The van der Waals surface area contributed by atoms with Gasteiger partial charge in [0.1, 0.15) is 5.01 Å². The van der Waals surface area contributed by atoms with E-state index in [0.717, 1.165) is 23.5 Å². The van der Waals surface area contributed by atoms with E-state index in [1.807, 2.05) is 13.1 Å². The molecule has 1 aliphatic carbocycles.